The van der Waals surface area contributed by atoms with Crippen LogP contribution in [-0.2, 0) is 19.1 Å². The maximum atomic E-state index is 13.4. The Morgan fingerprint density at radius 1 is 1.00 bits per heavy atom. The molecule has 4 aliphatic carbocycles. The maximum absolute atomic E-state index is 13.4. The molecule has 0 aromatic rings. The van der Waals surface area contributed by atoms with Crippen LogP contribution >= 0.6 is 12.4 Å². The SMILES string of the molecule is C[C@]12CC[C@H](OC(=O)C3CCNCC3)CC1C(=O)C[C@@H]1[C@@H]2CC[C@]2(C)C(=O)CC[C@@H]12.Cl. The first kappa shape index (κ1) is 23.2. The Hall–Kier alpha value is -0.940. The van der Waals surface area contributed by atoms with Crippen molar-refractivity contribution in [2.75, 3.05) is 13.1 Å². The van der Waals surface area contributed by atoms with E-state index >= 15 is 0 Å². The molecule has 0 radical (unpaired) electrons. The predicted octanol–water partition coefficient (Wildman–Crippen LogP) is 4.11. The zero-order valence-electron chi connectivity index (χ0n) is 19.0. The van der Waals surface area contributed by atoms with Gasteiger partial charge in [-0.05, 0) is 87.6 Å². The molecule has 1 unspecified atom stereocenters. The summed E-state index contributed by atoms with van der Waals surface area (Å²) in [6.45, 7) is 6.26. The molecule has 5 rings (SSSR count). The second kappa shape index (κ2) is 8.44. The van der Waals surface area contributed by atoms with E-state index in [1.165, 1.54) is 0 Å². The van der Waals surface area contributed by atoms with Gasteiger partial charge in [-0.1, -0.05) is 13.8 Å². The molecule has 0 amide bonds. The Kier molecular flexibility index (Phi) is 6.33. The van der Waals surface area contributed by atoms with Crippen LogP contribution in [-0.4, -0.2) is 36.7 Å². The Morgan fingerprint density at radius 3 is 2.48 bits per heavy atom. The minimum atomic E-state index is -0.188. The first-order chi connectivity index (χ1) is 14.3. The van der Waals surface area contributed by atoms with Gasteiger partial charge in [-0.3, -0.25) is 14.4 Å². The lowest BCUT2D eigenvalue weighted by atomic mass is 9.45. The maximum Gasteiger partial charge on any atom is 0.309 e. The van der Waals surface area contributed by atoms with Gasteiger partial charge in [0.2, 0.25) is 0 Å². The van der Waals surface area contributed by atoms with Gasteiger partial charge in [0.15, 0.2) is 0 Å². The predicted molar refractivity (Wildman–Crippen MR) is 120 cm³/mol. The largest absolute Gasteiger partial charge is 0.462 e. The van der Waals surface area contributed by atoms with Crippen LogP contribution in [0.1, 0.15) is 78.1 Å². The molecule has 174 valence electrons. The monoisotopic (exact) mass is 451 g/mol. The lowest BCUT2D eigenvalue weighted by Gasteiger charge is -2.59. The van der Waals surface area contributed by atoms with E-state index in [-0.39, 0.29) is 47.1 Å². The number of carbonyl (C=O) groups is 3. The number of esters is 1. The van der Waals surface area contributed by atoms with E-state index in [0.29, 0.717) is 48.6 Å². The van der Waals surface area contributed by atoms with Gasteiger partial charge in [-0.2, -0.15) is 0 Å². The van der Waals surface area contributed by atoms with Gasteiger partial charge in [-0.25, -0.2) is 0 Å². The Balaban J connectivity index is 0.00000231. The van der Waals surface area contributed by atoms with E-state index in [9.17, 15) is 14.4 Å². The van der Waals surface area contributed by atoms with Crippen molar-refractivity contribution < 1.29 is 19.1 Å². The molecule has 0 aromatic heterocycles. The van der Waals surface area contributed by atoms with E-state index < -0.39 is 0 Å². The van der Waals surface area contributed by atoms with Crippen molar-refractivity contribution in [2.24, 2.45) is 40.4 Å². The highest BCUT2D eigenvalue weighted by Crippen LogP contribution is 2.64. The summed E-state index contributed by atoms with van der Waals surface area (Å²) in [5, 5.41) is 3.30. The molecule has 5 aliphatic rings. The summed E-state index contributed by atoms with van der Waals surface area (Å²) in [5.74, 6) is 2.07. The summed E-state index contributed by atoms with van der Waals surface area (Å²) in [7, 11) is 0. The molecule has 1 saturated heterocycles. The van der Waals surface area contributed by atoms with E-state index in [1.54, 1.807) is 0 Å². The zero-order valence-corrected chi connectivity index (χ0v) is 19.8. The summed E-state index contributed by atoms with van der Waals surface area (Å²) in [6, 6.07) is 0. The molecule has 6 heteroatoms. The van der Waals surface area contributed by atoms with E-state index in [1.807, 2.05) is 0 Å². The number of hydrogen-bond donors (Lipinski definition) is 1. The summed E-state index contributed by atoms with van der Waals surface area (Å²) >= 11 is 0. The van der Waals surface area contributed by atoms with Crippen LogP contribution in [0.15, 0.2) is 0 Å². The van der Waals surface area contributed by atoms with E-state index in [2.05, 4.69) is 19.2 Å². The number of hydrogen-bond acceptors (Lipinski definition) is 5. The molecule has 7 atom stereocenters. The van der Waals surface area contributed by atoms with Gasteiger partial charge >= 0.3 is 5.97 Å². The van der Waals surface area contributed by atoms with Crippen LogP contribution in [0.25, 0.3) is 0 Å². The molecule has 1 aliphatic heterocycles. The van der Waals surface area contributed by atoms with Crippen LogP contribution in [0.3, 0.4) is 0 Å². The summed E-state index contributed by atoms with van der Waals surface area (Å²) in [5.41, 5.74) is -0.184. The fourth-order valence-electron chi connectivity index (χ4n) is 8.20. The van der Waals surface area contributed by atoms with Gasteiger partial charge in [0.25, 0.3) is 0 Å². The second-order valence-corrected chi connectivity index (χ2v) is 11.4. The van der Waals surface area contributed by atoms with E-state index in [4.69, 9.17) is 4.74 Å². The lowest BCUT2D eigenvalue weighted by Crippen LogP contribution is -2.57. The smallest absolute Gasteiger partial charge is 0.309 e. The molecular formula is C25H38ClNO4. The lowest BCUT2D eigenvalue weighted by molar-refractivity contribution is -0.172. The fourth-order valence-corrected chi connectivity index (χ4v) is 8.20. The summed E-state index contributed by atoms with van der Waals surface area (Å²) in [4.78, 5) is 38.6. The van der Waals surface area contributed by atoms with Gasteiger partial charge in [-0.15, -0.1) is 12.4 Å². The molecule has 5 fully saturated rings. The molecule has 1 N–H and O–H groups in total. The topological polar surface area (TPSA) is 72.5 Å². The third kappa shape index (κ3) is 3.68. The third-order valence-corrected chi connectivity index (χ3v) is 10.1. The molecule has 0 spiro atoms. The standard InChI is InChI=1S/C25H37NO4.ClH/c1-24-9-5-16(30-23(29)15-7-11-26-12-8-15)13-20(24)21(27)14-17-18-3-4-22(28)25(18,2)10-6-19(17)24;/h15-20,26H,3-14H2,1-2H3;1H/t16-,17-,18-,19-,20?,24+,25-;/m0./s1. The molecule has 0 bridgehead atoms. The minimum absolute atomic E-state index is 0. The highest BCUT2D eigenvalue weighted by atomic mass is 35.5. The quantitative estimate of drug-likeness (QED) is 0.639. The third-order valence-electron chi connectivity index (χ3n) is 10.1. The second-order valence-electron chi connectivity index (χ2n) is 11.4. The number of nitrogens with one attached hydrogen (secondary N) is 1. The van der Waals surface area contributed by atoms with Gasteiger partial charge in [0.1, 0.15) is 17.7 Å². The number of ketones is 2. The van der Waals surface area contributed by atoms with Crippen LogP contribution in [0, 0.1) is 40.4 Å². The Bertz CT molecular complexity index is 750. The number of fused-ring (bicyclic) bond motifs is 5. The van der Waals surface area contributed by atoms with Gasteiger partial charge < -0.3 is 10.1 Å². The number of carbonyl (C=O) groups excluding carboxylic acids is 3. The number of halogens is 1. The molecular weight excluding hydrogens is 414 g/mol. The number of Topliss-reactive ketones (excluding diaryl/α,β-unsaturated/α-hetero) is 2. The normalized spacial score (nSPS) is 45.2. The number of ether oxygens (including phenoxy) is 1. The molecule has 5 nitrogen and oxygen atoms in total. The van der Waals surface area contributed by atoms with Gasteiger partial charge in [0, 0.05) is 24.2 Å². The molecule has 1 heterocycles. The summed E-state index contributed by atoms with van der Waals surface area (Å²) < 4.78 is 5.95. The first-order valence-electron chi connectivity index (χ1n) is 12.3. The molecule has 4 saturated carbocycles. The van der Waals surface area contributed by atoms with Crippen LogP contribution in [0.4, 0.5) is 0 Å². The van der Waals surface area contributed by atoms with Crippen molar-refractivity contribution in [1.82, 2.24) is 5.32 Å². The van der Waals surface area contributed by atoms with Gasteiger partial charge in [0.05, 0.1) is 5.92 Å². The van der Waals surface area contributed by atoms with Crippen molar-refractivity contribution in [2.45, 2.75) is 84.2 Å². The van der Waals surface area contributed by atoms with E-state index in [0.717, 1.165) is 58.0 Å². The first-order valence-corrected chi connectivity index (χ1v) is 12.3. The molecule has 31 heavy (non-hydrogen) atoms. The number of piperidine rings is 1. The van der Waals surface area contributed by atoms with Crippen LogP contribution < -0.4 is 5.32 Å². The summed E-state index contributed by atoms with van der Waals surface area (Å²) in [6.07, 6.45) is 8.52. The Morgan fingerprint density at radius 2 is 1.74 bits per heavy atom. The van der Waals surface area contributed by atoms with Crippen LogP contribution in [0.2, 0.25) is 0 Å². The highest BCUT2D eigenvalue weighted by Gasteiger charge is 2.62. The van der Waals surface area contributed by atoms with Crippen molar-refractivity contribution in [3.63, 3.8) is 0 Å². The average Bonchev–Trinajstić information content (AvgIpc) is 3.04. The van der Waals surface area contributed by atoms with Crippen molar-refractivity contribution >= 4 is 29.9 Å². The minimum Gasteiger partial charge on any atom is -0.462 e. The van der Waals surface area contributed by atoms with Crippen molar-refractivity contribution in [1.29, 1.82) is 0 Å². The number of rotatable bonds is 2. The highest BCUT2D eigenvalue weighted by molar-refractivity contribution is 5.88. The molecule has 0 aromatic carbocycles. The zero-order chi connectivity index (χ0) is 21.1. The fraction of sp³-hybridized carbons (Fsp3) is 0.880. The van der Waals surface area contributed by atoms with Crippen molar-refractivity contribution in [3.8, 4) is 0 Å². The van der Waals surface area contributed by atoms with Crippen molar-refractivity contribution in [3.05, 3.63) is 0 Å². The average molecular weight is 452 g/mol. The van der Waals surface area contributed by atoms with Crippen LogP contribution in [0.5, 0.6) is 0 Å². The Labute approximate surface area is 192 Å².